The zero-order chi connectivity index (χ0) is 21.6. The molecular weight excluding hydrogens is 394 g/mol. The van der Waals surface area contributed by atoms with E-state index in [4.69, 9.17) is 4.74 Å². The summed E-state index contributed by atoms with van der Waals surface area (Å²) in [5.41, 5.74) is 2.72. The minimum atomic E-state index is -0.633. The maximum Gasteiger partial charge on any atom is 0.331 e. The maximum absolute atomic E-state index is 12.3. The van der Waals surface area contributed by atoms with Crippen LogP contribution in [0.2, 0.25) is 0 Å². The molecule has 0 unspecified atom stereocenters. The van der Waals surface area contributed by atoms with E-state index in [9.17, 15) is 14.4 Å². The number of anilines is 2. The van der Waals surface area contributed by atoms with Crippen LogP contribution in [0.25, 0.3) is 17.0 Å². The van der Waals surface area contributed by atoms with Crippen LogP contribution in [-0.4, -0.2) is 35.9 Å². The molecule has 2 aromatic carbocycles. The van der Waals surface area contributed by atoms with E-state index in [1.54, 1.807) is 35.4 Å². The van der Waals surface area contributed by atoms with Gasteiger partial charge in [0.25, 0.3) is 5.91 Å². The van der Waals surface area contributed by atoms with E-state index in [0.29, 0.717) is 24.3 Å². The fourth-order valence-corrected chi connectivity index (χ4v) is 3.51. The molecule has 7 heteroatoms. The number of esters is 1. The molecule has 156 valence electrons. The molecule has 7 nitrogen and oxygen atoms in total. The van der Waals surface area contributed by atoms with Gasteiger partial charge in [0, 0.05) is 36.2 Å². The number of aromatic nitrogens is 1. The van der Waals surface area contributed by atoms with Crippen molar-refractivity contribution in [3.05, 3.63) is 72.4 Å². The summed E-state index contributed by atoms with van der Waals surface area (Å²) in [6.07, 6.45) is 5.86. The van der Waals surface area contributed by atoms with Crippen LogP contribution < -0.4 is 10.2 Å². The lowest BCUT2D eigenvalue weighted by atomic mass is 10.1. The molecule has 1 aromatic heterocycles. The van der Waals surface area contributed by atoms with Crippen molar-refractivity contribution in [1.29, 1.82) is 0 Å². The second kappa shape index (κ2) is 9.21. The molecule has 31 heavy (non-hydrogen) atoms. The Balaban J connectivity index is 1.36. The Kier molecular flexibility index (Phi) is 6.03. The Morgan fingerprint density at radius 2 is 1.94 bits per heavy atom. The number of nitrogens with zero attached hydrogens (tertiary/aromatic N) is 2. The largest absolute Gasteiger partial charge is 0.452 e. The summed E-state index contributed by atoms with van der Waals surface area (Å²) >= 11 is 0. The molecule has 1 saturated heterocycles. The van der Waals surface area contributed by atoms with E-state index in [-0.39, 0.29) is 5.91 Å². The van der Waals surface area contributed by atoms with Crippen LogP contribution in [0.3, 0.4) is 0 Å². The Labute approximate surface area is 179 Å². The van der Waals surface area contributed by atoms with Crippen molar-refractivity contribution in [2.75, 3.05) is 23.4 Å². The maximum atomic E-state index is 12.3. The third-order valence-electron chi connectivity index (χ3n) is 4.95. The number of hydrogen-bond donors (Lipinski definition) is 1. The summed E-state index contributed by atoms with van der Waals surface area (Å²) in [6.45, 7) is 0.188. The summed E-state index contributed by atoms with van der Waals surface area (Å²) in [6, 6.07) is 16.5. The molecule has 3 aromatic rings. The van der Waals surface area contributed by atoms with Gasteiger partial charge in [0.2, 0.25) is 5.91 Å². The number of hydrogen-bond acceptors (Lipinski definition) is 5. The normalized spacial score (nSPS) is 13.7. The highest BCUT2D eigenvalue weighted by atomic mass is 16.5. The van der Waals surface area contributed by atoms with E-state index >= 15 is 0 Å². The van der Waals surface area contributed by atoms with Gasteiger partial charge in [-0.2, -0.15) is 0 Å². The van der Waals surface area contributed by atoms with Crippen LogP contribution in [-0.2, 0) is 19.1 Å². The number of nitrogens with one attached hydrogen (secondary N) is 1. The molecule has 1 aliphatic heterocycles. The Bertz CT molecular complexity index is 1170. The van der Waals surface area contributed by atoms with E-state index in [0.717, 1.165) is 22.9 Å². The van der Waals surface area contributed by atoms with Crippen molar-refractivity contribution in [3.8, 4) is 0 Å². The highest BCUT2D eigenvalue weighted by Crippen LogP contribution is 2.29. The molecule has 2 amide bonds. The smallest absolute Gasteiger partial charge is 0.331 e. The minimum Gasteiger partial charge on any atom is -0.452 e. The lowest BCUT2D eigenvalue weighted by Crippen LogP contribution is -2.26. The van der Waals surface area contributed by atoms with Gasteiger partial charge in [0.15, 0.2) is 6.61 Å². The second-order valence-corrected chi connectivity index (χ2v) is 7.08. The summed E-state index contributed by atoms with van der Waals surface area (Å²) in [5.74, 6) is -1.08. The van der Waals surface area contributed by atoms with Crippen molar-refractivity contribution < 1.29 is 19.1 Å². The molecule has 4 rings (SSSR count). The zero-order valence-electron chi connectivity index (χ0n) is 16.8. The zero-order valence-corrected chi connectivity index (χ0v) is 16.8. The fourth-order valence-electron chi connectivity index (χ4n) is 3.51. The number of carbonyl (C=O) groups is 3. The highest BCUT2D eigenvalue weighted by Gasteiger charge is 2.24. The summed E-state index contributed by atoms with van der Waals surface area (Å²) in [5, 5.41) is 3.68. The Morgan fingerprint density at radius 1 is 1.10 bits per heavy atom. The third-order valence-corrected chi connectivity index (χ3v) is 4.95. The van der Waals surface area contributed by atoms with Gasteiger partial charge in [-0.1, -0.05) is 36.4 Å². The van der Waals surface area contributed by atoms with E-state index in [2.05, 4.69) is 10.3 Å². The number of ether oxygens (including phenoxy) is 1. The molecular formula is C24H21N3O4. The molecule has 0 atom stereocenters. The second-order valence-electron chi connectivity index (χ2n) is 7.08. The van der Waals surface area contributed by atoms with Crippen molar-refractivity contribution in [1.82, 2.24) is 4.98 Å². The minimum absolute atomic E-state index is 0.0289. The number of fused-ring (bicyclic) bond motifs is 1. The van der Waals surface area contributed by atoms with Crippen molar-refractivity contribution >= 4 is 46.1 Å². The molecule has 1 N–H and O–H groups in total. The molecule has 0 spiro atoms. The summed E-state index contributed by atoms with van der Waals surface area (Å²) in [7, 11) is 0. The molecule has 0 bridgehead atoms. The van der Waals surface area contributed by atoms with Gasteiger partial charge in [-0.3, -0.25) is 14.6 Å². The van der Waals surface area contributed by atoms with Gasteiger partial charge in [0.05, 0.1) is 16.9 Å². The van der Waals surface area contributed by atoms with Crippen molar-refractivity contribution in [2.45, 2.75) is 12.8 Å². The molecule has 0 aliphatic carbocycles. The first kappa shape index (κ1) is 20.3. The number of pyridine rings is 1. The van der Waals surface area contributed by atoms with Gasteiger partial charge < -0.3 is 15.0 Å². The first-order valence-electron chi connectivity index (χ1n) is 9.99. The number of rotatable bonds is 6. The van der Waals surface area contributed by atoms with Crippen LogP contribution >= 0.6 is 0 Å². The van der Waals surface area contributed by atoms with Gasteiger partial charge >= 0.3 is 5.97 Å². The average molecular weight is 415 g/mol. The first-order valence-corrected chi connectivity index (χ1v) is 9.99. The predicted octanol–water partition coefficient (Wildman–Crippen LogP) is 3.56. The number of amides is 2. The van der Waals surface area contributed by atoms with E-state index in [1.165, 1.54) is 6.08 Å². The van der Waals surface area contributed by atoms with Gasteiger partial charge in [0.1, 0.15) is 0 Å². The number of carbonyl (C=O) groups excluding carboxylic acids is 3. The Hall–Kier alpha value is -4.00. The number of para-hydroxylation sites is 3. The molecule has 0 radical (unpaired) electrons. The fraction of sp³-hybridized carbons (Fsp3) is 0.167. The van der Waals surface area contributed by atoms with Crippen LogP contribution in [0, 0.1) is 0 Å². The van der Waals surface area contributed by atoms with Crippen molar-refractivity contribution in [3.63, 3.8) is 0 Å². The van der Waals surface area contributed by atoms with Gasteiger partial charge in [-0.15, -0.1) is 0 Å². The van der Waals surface area contributed by atoms with Crippen LogP contribution in [0.4, 0.5) is 11.4 Å². The molecule has 1 fully saturated rings. The first-order chi connectivity index (χ1) is 15.1. The van der Waals surface area contributed by atoms with Crippen LogP contribution in [0.1, 0.15) is 18.4 Å². The predicted molar refractivity (Wildman–Crippen MR) is 118 cm³/mol. The SMILES string of the molecule is O=C(COC(=O)/C=C/c1cccc2cccnc12)Nc1ccccc1N1CCCC1=O. The lowest BCUT2D eigenvalue weighted by molar-refractivity contribution is -0.142. The van der Waals surface area contributed by atoms with E-state index < -0.39 is 18.5 Å². The standard InChI is InChI=1S/C24H21N3O4/c28-21(26-19-9-1-2-10-20(19)27-15-5-11-22(27)29)16-31-23(30)13-12-18-7-3-6-17-8-4-14-25-24(17)18/h1-4,6-10,12-14H,5,11,15-16H2,(H,26,28)/b13-12+. The van der Waals surface area contributed by atoms with Crippen LogP contribution in [0.5, 0.6) is 0 Å². The quantitative estimate of drug-likeness (QED) is 0.491. The number of benzene rings is 2. The molecule has 2 heterocycles. The summed E-state index contributed by atoms with van der Waals surface area (Å²) < 4.78 is 5.06. The molecule has 0 saturated carbocycles. The van der Waals surface area contributed by atoms with Gasteiger partial charge in [-0.05, 0) is 30.7 Å². The summed E-state index contributed by atoms with van der Waals surface area (Å²) in [4.78, 5) is 42.4. The van der Waals surface area contributed by atoms with Gasteiger partial charge in [-0.25, -0.2) is 4.79 Å². The monoisotopic (exact) mass is 415 g/mol. The third kappa shape index (κ3) is 4.78. The van der Waals surface area contributed by atoms with Crippen molar-refractivity contribution in [2.24, 2.45) is 0 Å². The average Bonchev–Trinajstić information content (AvgIpc) is 3.22. The van der Waals surface area contributed by atoms with E-state index in [1.807, 2.05) is 36.4 Å². The molecule has 1 aliphatic rings. The van der Waals surface area contributed by atoms with Crippen LogP contribution in [0.15, 0.2) is 66.9 Å². The lowest BCUT2D eigenvalue weighted by Gasteiger charge is -2.19. The Morgan fingerprint density at radius 3 is 2.77 bits per heavy atom. The topological polar surface area (TPSA) is 88.6 Å². The highest BCUT2D eigenvalue weighted by molar-refractivity contribution is 6.03.